The molecule has 0 aliphatic carbocycles. The Bertz CT molecular complexity index is 225. The number of hydrogen-bond donors (Lipinski definition) is 0. The van der Waals surface area contributed by atoms with Gasteiger partial charge in [-0.15, -0.1) is 0 Å². The quantitative estimate of drug-likeness (QED) is 0.641. The molecule has 1 heterocycles. The molecule has 0 amide bonds. The van der Waals surface area contributed by atoms with Gasteiger partial charge in [0.25, 0.3) is 0 Å². The van der Waals surface area contributed by atoms with Gasteiger partial charge in [-0.2, -0.15) is 0 Å². The molecule has 3 heteroatoms. The van der Waals surface area contributed by atoms with Crippen molar-refractivity contribution in [2.45, 2.75) is 4.90 Å². The molecule has 0 fully saturated rings. The predicted octanol–water partition coefficient (Wildman–Crippen LogP) is 1.77. The van der Waals surface area contributed by atoms with Gasteiger partial charge in [-0.05, 0) is 0 Å². The van der Waals surface area contributed by atoms with Gasteiger partial charge in [-0.25, -0.2) is 0 Å². The Morgan fingerprint density at radius 3 is 3.09 bits per heavy atom. The minimum absolute atomic E-state index is 0.667. The zero-order chi connectivity index (χ0) is 7.52. The number of rotatable bonds is 0. The molecular formula is C8H8S2Se. The minimum atomic E-state index is 0.667. The first-order valence-corrected chi connectivity index (χ1v) is 8.33. The van der Waals surface area contributed by atoms with Crippen LogP contribution in [0, 0.1) is 0 Å². The predicted molar refractivity (Wildman–Crippen MR) is 55.0 cm³/mol. The molecule has 58 valence electrons. The maximum absolute atomic E-state index is 2.26. The van der Waals surface area contributed by atoms with Gasteiger partial charge < -0.3 is 0 Å². The van der Waals surface area contributed by atoms with Crippen LogP contribution in [-0.2, 0) is 0 Å². The van der Waals surface area contributed by atoms with E-state index in [1.165, 1.54) is 16.4 Å². The van der Waals surface area contributed by atoms with Gasteiger partial charge in [0.2, 0.25) is 0 Å². The summed E-state index contributed by atoms with van der Waals surface area (Å²) in [6.07, 6.45) is 0. The van der Waals surface area contributed by atoms with Crippen molar-refractivity contribution in [3.8, 4) is 0 Å². The SMILES string of the molecule is c1ccc2c(c1)SCCS[Se]2. The van der Waals surface area contributed by atoms with E-state index >= 15 is 0 Å². The molecule has 0 nitrogen and oxygen atoms in total. The molecule has 0 N–H and O–H groups in total. The molecule has 0 atom stereocenters. The zero-order valence-electron chi connectivity index (χ0n) is 5.95. The first-order valence-electron chi connectivity index (χ1n) is 3.48. The van der Waals surface area contributed by atoms with Crippen molar-refractivity contribution in [3.63, 3.8) is 0 Å². The van der Waals surface area contributed by atoms with E-state index in [4.69, 9.17) is 0 Å². The summed E-state index contributed by atoms with van der Waals surface area (Å²) in [6.45, 7) is 0. The molecule has 2 rings (SSSR count). The van der Waals surface area contributed by atoms with Crippen LogP contribution in [0.1, 0.15) is 0 Å². The van der Waals surface area contributed by atoms with Crippen LogP contribution in [0.25, 0.3) is 0 Å². The Balaban J connectivity index is 2.33. The van der Waals surface area contributed by atoms with Crippen LogP contribution in [0.4, 0.5) is 0 Å². The molecule has 0 bridgehead atoms. The van der Waals surface area contributed by atoms with Gasteiger partial charge in [0.1, 0.15) is 0 Å². The first-order chi connectivity index (χ1) is 5.47. The third-order valence-corrected chi connectivity index (χ3v) is 7.38. The third kappa shape index (κ3) is 1.97. The van der Waals surface area contributed by atoms with Crippen LogP contribution in [0.2, 0.25) is 0 Å². The fraction of sp³-hybridized carbons (Fsp3) is 0.250. The Morgan fingerprint density at radius 2 is 2.09 bits per heavy atom. The van der Waals surface area contributed by atoms with E-state index in [9.17, 15) is 0 Å². The van der Waals surface area contributed by atoms with Crippen LogP contribution in [0.3, 0.4) is 0 Å². The van der Waals surface area contributed by atoms with Crippen LogP contribution in [-0.4, -0.2) is 25.3 Å². The molecule has 0 saturated heterocycles. The molecule has 0 unspecified atom stereocenters. The fourth-order valence-corrected chi connectivity index (χ4v) is 7.17. The van der Waals surface area contributed by atoms with Crippen molar-refractivity contribution >= 4 is 40.2 Å². The van der Waals surface area contributed by atoms with Gasteiger partial charge in [0.05, 0.1) is 0 Å². The van der Waals surface area contributed by atoms with Crippen LogP contribution in [0.15, 0.2) is 29.2 Å². The average Bonchev–Trinajstić information content (AvgIpc) is 2.28. The molecule has 0 spiro atoms. The second-order valence-electron chi connectivity index (χ2n) is 2.20. The van der Waals surface area contributed by atoms with E-state index in [2.05, 4.69) is 34.4 Å². The van der Waals surface area contributed by atoms with Gasteiger partial charge >= 0.3 is 80.9 Å². The summed E-state index contributed by atoms with van der Waals surface area (Å²) < 4.78 is 1.58. The van der Waals surface area contributed by atoms with Crippen molar-refractivity contribution in [1.29, 1.82) is 0 Å². The molecule has 0 radical (unpaired) electrons. The summed E-state index contributed by atoms with van der Waals surface area (Å²) in [5.74, 6) is 2.60. The number of hydrogen-bond acceptors (Lipinski definition) is 2. The Hall–Kier alpha value is 0.439. The Labute approximate surface area is 80.7 Å². The average molecular weight is 247 g/mol. The van der Waals surface area contributed by atoms with E-state index in [0.29, 0.717) is 13.8 Å². The van der Waals surface area contributed by atoms with E-state index in [-0.39, 0.29) is 0 Å². The molecule has 0 saturated carbocycles. The monoisotopic (exact) mass is 248 g/mol. The van der Waals surface area contributed by atoms with E-state index in [1.54, 1.807) is 4.46 Å². The summed E-state index contributed by atoms with van der Waals surface area (Å²) in [6, 6.07) is 8.79. The molecule has 1 aliphatic rings. The van der Waals surface area contributed by atoms with Gasteiger partial charge in [0.15, 0.2) is 0 Å². The summed E-state index contributed by atoms with van der Waals surface area (Å²) in [5.41, 5.74) is 0. The molecule has 0 aromatic heterocycles. The van der Waals surface area contributed by atoms with Gasteiger partial charge in [0, 0.05) is 0 Å². The summed E-state index contributed by atoms with van der Waals surface area (Å²) in [5, 5.41) is 0. The van der Waals surface area contributed by atoms with Crippen LogP contribution < -0.4 is 4.46 Å². The van der Waals surface area contributed by atoms with E-state index in [1.807, 2.05) is 11.8 Å². The van der Waals surface area contributed by atoms with Crippen molar-refractivity contribution in [1.82, 2.24) is 0 Å². The molecule has 1 aromatic carbocycles. The Kier molecular flexibility index (Phi) is 2.86. The topological polar surface area (TPSA) is 0 Å². The number of benzene rings is 1. The molecule has 1 aromatic rings. The molecule has 11 heavy (non-hydrogen) atoms. The summed E-state index contributed by atoms with van der Waals surface area (Å²) in [7, 11) is 2.10. The van der Waals surface area contributed by atoms with Crippen molar-refractivity contribution < 1.29 is 0 Å². The molecule has 1 aliphatic heterocycles. The standard InChI is InChI=1S/C8H8S2Se/c1-2-4-8-7(3-1)9-5-6-10-11-8/h1-4H,5-6H2. The van der Waals surface area contributed by atoms with Crippen LogP contribution in [0.5, 0.6) is 0 Å². The normalized spacial score (nSPS) is 17.1. The molecular weight excluding hydrogens is 239 g/mol. The van der Waals surface area contributed by atoms with Crippen molar-refractivity contribution in [2.75, 3.05) is 11.5 Å². The third-order valence-electron chi connectivity index (χ3n) is 1.42. The van der Waals surface area contributed by atoms with Crippen molar-refractivity contribution in [3.05, 3.63) is 24.3 Å². The second-order valence-corrected chi connectivity index (χ2v) is 7.60. The number of thioether (sulfide) groups is 1. The Morgan fingerprint density at radius 1 is 1.18 bits per heavy atom. The van der Waals surface area contributed by atoms with Crippen LogP contribution >= 0.6 is 21.9 Å². The van der Waals surface area contributed by atoms with Crippen molar-refractivity contribution in [2.24, 2.45) is 0 Å². The summed E-state index contributed by atoms with van der Waals surface area (Å²) >= 11 is 2.67. The van der Waals surface area contributed by atoms with E-state index < -0.39 is 0 Å². The summed E-state index contributed by atoms with van der Waals surface area (Å²) in [4.78, 5) is 1.51. The fourth-order valence-electron chi connectivity index (χ4n) is 0.929. The van der Waals surface area contributed by atoms with Gasteiger partial charge in [-0.3, -0.25) is 0 Å². The maximum atomic E-state index is 2.26. The first kappa shape index (κ1) is 8.06. The second kappa shape index (κ2) is 3.90. The van der Waals surface area contributed by atoms with Gasteiger partial charge in [-0.1, -0.05) is 0 Å². The van der Waals surface area contributed by atoms with E-state index in [0.717, 1.165) is 0 Å². The number of fused-ring (bicyclic) bond motifs is 1. The zero-order valence-corrected chi connectivity index (χ0v) is 9.29.